The number of nitrogens with zero attached hydrogens (tertiary/aromatic N) is 2. The van der Waals surface area contributed by atoms with Gasteiger partial charge in [0.25, 0.3) is 5.56 Å². The Morgan fingerprint density at radius 2 is 2.09 bits per heavy atom. The monoisotopic (exact) mass is 299 g/mol. The first-order valence-electron chi connectivity index (χ1n) is 6.69. The zero-order valence-corrected chi connectivity index (χ0v) is 11.7. The van der Waals surface area contributed by atoms with E-state index >= 15 is 0 Å². The van der Waals surface area contributed by atoms with E-state index in [1.54, 1.807) is 19.1 Å². The van der Waals surface area contributed by atoms with Crippen LogP contribution in [0.15, 0.2) is 41.3 Å². The summed E-state index contributed by atoms with van der Waals surface area (Å²) in [5.74, 6) is -1.30. The summed E-state index contributed by atoms with van der Waals surface area (Å²) >= 11 is 0. The maximum atomic E-state index is 12.1. The van der Waals surface area contributed by atoms with Gasteiger partial charge in [0.15, 0.2) is 5.56 Å². The number of esters is 1. The Morgan fingerprint density at radius 3 is 2.77 bits per heavy atom. The van der Waals surface area contributed by atoms with Gasteiger partial charge in [-0.1, -0.05) is 18.2 Å². The van der Waals surface area contributed by atoms with Crippen molar-refractivity contribution in [3.05, 3.63) is 52.4 Å². The van der Waals surface area contributed by atoms with Crippen molar-refractivity contribution in [3.63, 3.8) is 0 Å². The minimum Gasteiger partial charge on any atom is -0.506 e. The zero-order valence-electron chi connectivity index (χ0n) is 11.7. The number of fused-ring (bicyclic) bond motifs is 1. The summed E-state index contributed by atoms with van der Waals surface area (Å²) < 4.78 is 6.26. The summed E-state index contributed by atoms with van der Waals surface area (Å²) in [6.07, 6.45) is 1.39. The van der Waals surface area contributed by atoms with E-state index in [0.29, 0.717) is 5.65 Å². The molecule has 7 heteroatoms. The summed E-state index contributed by atoms with van der Waals surface area (Å²) in [4.78, 5) is 26.4. The topological polar surface area (TPSA) is 97.2 Å². The van der Waals surface area contributed by atoms with Gasteiger partial charge in [-0.3, -0.25) is 4.79 Å². The van der Waals surface area contributed by atoms with Crippen molar-refractivity contribution in [1.29, 1.82) is 0 Å². The van der Waals surface area contributed by atoms with Crippen molar-refractivity contribution in [2.45, 2.75) is 6.92 Å². The predicted octanol–water partition coefficient (Wildman–Crippen LogP) is 1.60. The molecule has 0 unspecified atom stereocenters. The molecule has 3 rings (SSSR count). The number of carbonyl (C=O) groups excluding carboxylic acids is 1. The Balaban J connectivity index is 2.24. The van der Waals surface area contributed by atoms with E-state index in [2.05, 4.69) is 10.1 Å². The van der Waals surface area contributed by atoms with E-state index in [0.717, 1.165) is 5.69 Å². The van der Waals surface area contributed by atoms with Gasteiger partial charge in [-0.15, -0.1) is 0 Å². The minimum absolute atomic E-state index is 0.110. The molecule has 2 N–H and O–H groups in total. The maximum absolute atomic E-state index is 12.1. The number of aromatic hydroxyl groups is 1. The molecule has 0 saturated heterocycles. The summed E-state index contributed by atoms with van der Waals surface area (Å²) in [5.41, 5.74) is -0.110. The molecule has 0 spiro atoms. The molecule has 22 heavy (non-hydrogen) atoms. The summed E-state index contributed by atoms with van der Waals surface area (Å²) in [6, 6.07) is 9.12. The number of hydrogen-bond acceptors (Lipinski definition) is 5. The first kappa shape index (κ1) is 13.9. The number of hydrogen-bond donors (Lipinski definition) is 2. The molecule has 0 bridgehead atoms. The number of H-pyrrole nitrogens is 1. The van der Waals surface area contributed by atoms with Gasteiger partial charge in [-0.25, -0.2) is 9.48 Å². The first-order chi connectivity index (χ1) is 10.6. The molecule has 2 heterocycles. The van der Waals surface area contributed by atoms with E-state index < -0.39 is 22.8 Å². The van der Waals surface area contributed by atoms with Gasteiger partial charge in [0.2, 0.25) is 0 Å². The van der Waals surface area contributed by atoms with Crippen LogP contribution in [0.4, 0.5) is 0 Å². The number of nitrogens with one attached hydrogen (secondary N) is 1. The number of benzene rings is 1. The van der Waals surface area contributed by atoms with Crippen LogP contribution in [0.3, 0.4) is 0 Å². The highest BCUT2D eigenvalue weighted by Crippen LogP contribution is 2.26. The summed E-state index contributed by atoms with van der Waals surface area (Å²) in [6.45, 7) is 1.73. The lowest BCUT2D eigenvalue weighted by Crippen LogP contribution is -2.20. The van der Waals surface area contributed by atoms with Crippen molar-refractivity contribution in [2.24, 2.45) is 0 Å². The average Bonchev–Trinajstić information content (AvgIpc) is 2.92. The van der Waals surface area contributed by atoms with Crippen molar-refractivity contribution < 1.29 is 14.6 Å². The molecule has 0 aliphatic heterocycles. The van der Waals surface area contributed by atoms with Crippen LogP contribution in [-0.2, 0) is 4.74 Å². The first-order valence-corrected chi connectivity index (χ1v) is 6.69. The van der Waals surface area contributed by atoms with E-state index in [9.17, 15) is 14.7 Å². The molecule has 112 valence electrons. The molecule has 0 fully saturated rings. The van der Waals surface area contributed by atoms with Gasteiger partial charge in [-0.2, -0.15) is 5.10 Å². The molecule has 0 aliphatic rings. The van der Waals surface area contributed by atoms with E-state index in [4.69, 9.17) is 4.74 Å². The summed E-state index contributed by atoms with van der Waals surface area (Å²) in [7, 11) is 0. The molecule has 0 saturated carbocycles. The average molecular weight is 299 g/mol. The standard InChI is InChI=1S/C15H13N3O4/c1-2-22-15(21)11-12(19)10-8-16-18(13(10)17-14(11)20)9-6-4-3-5-7-9/h3-8H,2H2,1H3,(H2,17,19,20). The molecule has 2 aromatic heterocycles. The molecule has 0 aliphatic carbocycles. The normalized spacial score (nSPS) is 10.8. The largest absolute Gasteiger partial charge is 0.506 e. The van der Waals surface area contributed by atoms with Crippen LogP contribution in [0, 0.1) is 0 Å². The van der Waals surface area contributed by atoms with Gasteiger partial charge >= 0.3 is 5.97 Å². The lowest BCUT2D eigenvalue weighted by Gasteiger charge is -2.06. The number of aromatic amines is 1. The molecular weight excluding hydrogens is 286 g/mol. The smallest absolute Gasteiger partial charge is 0.347 e. The second-order valence-corrected chi connectivity index (χ2v) is 4.55. The third-order valence-corrected chi connectivity index (χ3v) is 3.20. The van der Waals surface area contributed by atoms with Gasteiger partial charge in [0.05, 0.1) is 23.9 Å². The van der Waals surface area contributed by atoms with Crippen LogP contribution in [0.5, 0.6) is 5.75 Å². The number of para-hydroxylation sites is 1. The lowest BCUT2D eigenvalue weighted by molar-refractivity contribution is 0.0521. The van der Waals surface area contributed by atoms with Crippen molar-refractivity contribution in [2.75, 3.05) is 6.61 Å². The predicted molar refractivity (Wildman–Crippen MR) is 79.3 cm³/mol. The van der Waals surface area contributed by atoms with Crippen LogP contribution in [0.1, 0.15) is 17.3 Å². The number of carbonyl (C=O) groups is 1. The second-order valence-electron chi connectivity index (χ2n) is 4.55. The fraction of sp³-hybridized carbons (Fsp3) is 0.133. The molecule has 1 aromatic carbocycles. The van der Waals surface area contributed by atoms with Crippen LogP contribution in [0.25, 0.3) is 16.7 Å². The van der Waals surface area contributed by atoms with E-state index in [1.807, 2.05) is 18.2 Å². The van der Waals surface area contributed by atoms with Crippen LogP contribution >= 0.6 is 0 Å². The Bertz CT molecular complexity index is 896. The Kier molecular flexibility index (Phi) is 3.38. The van der Waals surface area contributed by atoms with Crippen molar-refractivity contribution in [3.8, 4) is 11.4 Å². The maximum Gasteiger partial charge on any atom is 0.347 e. The molecule has 0 radical (unpaired) electrons. The van der Waals surface area contributed by atoms with Gasteiger partial charge in [-0.05, 0) is 19.1 Å². The van der Waals surface area contributed by atoms with Crippen molar-refractivity contribution >= 4 is 17.0 Å². The van der Waals surface area contributed by atoms with Crippen LogP contribution in [0.2, 0.25) is 0 Å². The van der Waals surface area contributed by atoms with Crippen LogP contribution in [-0.4, -0.2) is 32.4 Å². The van der Waals surface area contributed by atoms with Crippen LogP contribution < -0.4 is 5.56 Å². The molecule has 0 amide bonds. The second kappa shape index (κ2) is 5.36. The highest BCUT2D eigenvalue weighted by Gasteiger charge is 2.22. The van der Waals surface area contributed by atoms with Crippen molar-refractivity contribution in [1.82, 2.24) is 14.8 Å². The number of rotatable bonds is 3. The van der Waals surface area contributed by atoms with Gasteiger partial charge in [0, 0.05) is 0 Å². The Morgan fingerprint density at radius 1 is 1.36 bits per heavy atom. The Labute approximate surface area is 124 Å². The van der Waals surface area contributed by atoms with E-state index in [-0.39, 0.29) is 12.0 Å². The number of pyridine rings is 1. The van der Waals surface area contributed by atoms with E-state index in [1.165, 1.54) is 10.9 Å². The van der Waals surface area contributed by atoms with Gasteiger partial charge in [0.1, 0.15) is 11.4 Å². The fourth-order valence-electron chi connectivity index (χ4n) is 2.21. The quantitative estimate of drug-likeness (QED) is 0.716. The molecule has 7 nitrogen and oxygen atoms in total. The SMILES string of the molecule is CCOC(=O)c1c(O)c2cnn(-c3ccccc3)c2[nH]c1=O. The third kappa shape index (κ3) is 2.12. The lowest BCUT2D eigenvalue weighted by atomic mass is 10.2. The highest BCUT2D eigenvalue weighted by molar-refractivity contribution is 5.98. The number of ether oxygens (including phenoxy) is 1. The fourth-order valence-corrected chi connectivity index (χ4v) is 2.21. The zero-order chi connectivity index (χ0) is 15.7. The van der Waals surface area contributed by atoms with Gasteiger partial charge < -0.3 is 14.8 Å². The summed E-state index contributed by atoms with van der Waals surface area (Å²) in [5, 5.41) is 14.6. The molecular formula is C15H13N3O4. The molecule has 3 aromatic rings. The Hall–Kier alpha value is -3.09. The molecule has 0 atom stereocenters. The number of aromatic nitrogens is 3. The highest BCUT2D eigenvalue weighted by atomic mass is 16.5. The third-order valence-electron chi connectivity index (χ3n) is 3.20. The minimum atomic E-state index is -0.865.